The van der Waals surface area contributed by atoms with Gasteiger partial charge >= 0.3 is 0 Å². The van der Waals surface area contributed by atoms with Crippen molar-refractivity contribution in [1.82, 2.24) is 19.7 Å². The van der Waals surface area contributed by atoms with Crippen LogP contribution in [0.2, 0.25) is 0 Å². The predicted octanol–water partition coefficient (Wildman–Crippen LogP) is 0.425. The fraction of sp³-hybridized carbons (Fsp3) is 0.364. The second-order valence-corrected chi connectivity index (χ2v) is 4.00. The number of nitrogens with two attached hydrogens (primary N) is 1. The van der Waals surface area contributed by atoms with Crippen LogP contribution in [0, 0.1) is 6.92 Å². The van der Waals surface area contributed by atoms with E-state index in [4.69, 9.17) is 10.6 Å². The van der Waals surface area contributed by atoms with E-state index in [2.05, 4.69) is 25.8 Å². The molecule has 0 atom stereocenters. The molecule has 2 heterocycles. The van der Waals surface area contributed by atoms with E-state index in [-0.39, 0.29) is 0 Å². The van der Waals surface area contributed by atoms with Gasteiger partial charge < -0.3 is 15.5 Å². The van der Waals surface area contributed by atoms with Gasteiger partial charge in [-0.25, -0.2) is 20.5 Å². The van der Waals surface area contributed by atoms with Gasteiger partial charge in [0.05, 0.1) is 19.3 Å². The van der Waals surface area contributed by atoms with Crippen molar-refractivity contribution >= 4 is 11.6 Å². The van der Waals surface area contributed by atoms with Gasteiger partial charge in [0.1, 0.15) is 18.0 Å². The zero-order valence-corrected chi connectivity index (χ0v) is 11.1. The molecule has 0 bridgehead atoms. The van der Waals surface area contributed by atoms with Crippen LogP contribution >= 0.6 is 0 Å². The largest absolute Gasteiger partial charge is 0.481 e. The molecule has 0 amide bonds. The maximum atomic E-state index is 5.37. The first-order valence-electron chi connectivity index (χ1n) is 5.74. The lowest BCUT2D eigenvalue weighted by molar-refractivity contribution is 0.373. The van der Waals surface area contributed by atoms with Gasteiger partial charge in [0.25, 0.3) is 0 Å². The summed E-state index contributed by atoms with van der Waals surface area (Å²) < 4.78 is 6.84. The third kappa shape index (κ3) is 2.74. The van der Waals surface area contributed by atoms with Crippen LogP contribution in [0.3, 0.4) is 0 Å². The Labute approximate surface area is 111 Å². The smallest absolute Gasteiger partial charge is 0.211 e. The van der Waals surface area contributed by atoms with E-state index >= 15 is 0 Å². The van der Waals surface area contributed by atoms with Crippen molar-refractivity contribution in [2.24, 2.45) is 12.9 Å². The molecule has 4 N–H and O–H groups in total. The maximum Gasteiger partial charge on any atom is 0.211 e. The number of nitrogen functional groups attached to an aromatic ring is 1. The topological polar surface area (TPSA) is 103 Å². The number of methoxy groups -OCH3 is 1. The number of aryl methyl sites for hydroxylation is 1. The molecule has 0 fully saturated rings. The molecular weight excluding hydrogens is 246 g/mol. The highest BCUT2D eigenvalue weighted by Gasteiger charge is 2.08. The molecule has 19 heavy (non-hydrogen) atoms. The number of hydrogen-bond donors (Lipinski definition) is 3. The number of hydrogen-bond acceptors (Lipinski definition) is 7. The highest BCUT2D eigenvalue weighted by molar-refractivity contribution is 5.55. The van der Waals surface area contributed by atoms with Crippen molar-refractivity contribution in [3.8, 4) is 5.88 Å². The Kier molecular flexibility index (Phi) is 3.81. The number of anilines is 2. The Bertz CT molecular complexity index is 566. The summed E-state index contributed by atoms with van der Waals surface area (Å²) in [5.41, 5.74) is 4.24. The van der Waals surface area contributed by atoms with Gasteiger partial charge in [0.2, 0.25) is 5.88 Å². The van der Waals surface area contributed by atoms with Crippen LogP contribution in [0.25, 0.3) is 0 Å². The van der Waals surface area contributed by atoms with Gasteiger partial charge in [-0.1, -0.05) is 0 Å². The molecule has 2 rings (SSSR count). The van der Waals surface area contributed by atoms with E-state index < -0.39 is 0 Å². The Morgan fingerprint density at radius 2 is 2.11 bits per heavy atom. The average molecular weight is 263 g/mol. The molecule has 0 aliphatic carbocycles. The number of aromatic nitrogens is 4. The van der Waals surface area contributed by atoms with Crippen LogP contribution in [0.15, 0.2) is 12.4 Å². The Hall–Kier alpha value is -2.35. The summed E-state index contributed by atoms with van der Waals surface area (Å²) in [7, 11) is 3.44. The maximum absolute atomic E-state index is 5.37. The summed E-state index contributed by atoms with van der Waals surface area (Å²) in [6, 6.07) is 1.87. The summed E-state index contributed by atoms with van der Waals surface area (Å²) in [4.78, 5) is 8.18. The average Bonchev–Trinajstić information content (AvgIpc) is 2.78. The lowest BCUT2D eigenvalue weighted by Gasteiger charge is -2.09. The molecule has 0 saturated heterocycles. The second-order valence-electron chi connectivity index (χ2n) is 4.00. The summed E-state index contributed by atoms with van der Waals surface area (Å²) in [6.45, 7) is 2.43. The zero-order chi connectivity index (χ0) is 13.8. The summed E-state index contributed by atoms with van der Waals surface area (Å²) in [6.07, 6.45) is 1.45. The standard InChI is InChI=1S/C11H17N7O/c1-7-10(14-6-15-11(7)16-12)13-5-8-4-9(19-3)18(2)17-8/h4,6H,5,12H2,1-3H3,(H2,13,14,15,16). The minimum absolute atomic E-state index is 0.541. The van der Waals surface area contributed by atoms with Gasteiger partial charge in [-0.2, -0.15) is 5.10 Å². The molecule has 0 aliphatic rings. The van der Waals surface area contributed by atoms with Crippen LogP contribution in [0.4, 0.5) is 11.6 Å². The molecule has 0 radical (unpaired) electrons. The van der Waals surface area contributed by atoms with Crippen molar-refractivity contribution in [3.63, 3.8) is 0 Å². The Morgan fingerprint density at radius 1 is 1.37 bits per heavy atom. The molecule has 102 valence electrons. The predicted molar refractivity (Wildman–Crippen MR) is 71.7 cm³/mol. The van der Waals surface area contributed by atoms with Crippen LogP contribution in [-0.2, 0) is 13.6 Å². The van der Waals surface area contributed by atoms with Crippen LogP contribution in [-0.4, -0.2) is 26.9 Å². The molecule has 0 aromatic carbocycles. The highest BCUT2D eigenvalue weighted by Crippen LogP contribution is 2.18. The monoisotopic (exact) mass is 263 g/mol. The lowest BCUT2D eigenvalue weighted by atomic mass is 10.3. The summed E-state index contributed by atoms with van der Waals surface area (Å²) >= 11 is 0. The third-order valence-corrected chi connectivity index (χ3v) is 2.75. The van der Waals surface area contributed by atoms with Gasteiger partial charge in [0.15, 0.2) is 0 Å². The minimum Gasteiger partial charge on any atom is -0.481 e. The minimum atomic E-state index is 0.541. The molecule has 0 spiro atoms. The number of nitrogens with one attached hydrogen (secondary N) is 2. The van der Waals surface area contributed by atoms with Crippen molar-refractivity contribution in [1.29, 1.82) is 0 Å². The fourth-order valence-corrected chi connectivity index (χ4v) is 1.73. The molecule has 0 saturated carbocycles. The van der Waals surface area contributed by atoms with Crippen LogP contribution < -0.4 is 21.3 Å². The SMILES string of the molecule is COc1cc(CNc2ncnc(NN)c2C)nn1C. The van der Waals surface area contributed by atoms with Crippen molar-refractivity contribution in [2.75, 3.05) is 17.9 Å². The molecule has 2 aromatic rings. The van der Waals surface area contributed by atoms with E-state index in [0.717, 1.165) is 11.3 Å². The lowest BCUT2D eigenvalue weighted by Crippen LogP contribution is -2.12. The molecule has 8 heteroatoms. The quantitative estimate of drug-likeness (QED) is 0.530. The first-order valence-corrected chi connectivity index (χ1v) is 5.74. The normalized spacial score (nSPS) is 10.3. The van der Waals surface area contributed by atoms with E-state index in [9.17, 15) is 0 Å². The molecule has 8 nitrogen and oxygen atoms in total. The van der Waals surface area contributed by atoms with Crippen LogP contribution in [0.1, 0.15) is 11.3 Å². The molecule has 2 aromatic heterocycles. The van der Waals surface area contributed by atoms with Crippen molar-refractivity contribution in [2.45, 2.75) is 13.5 Å². The fourth-order valence-electron chi connectivity index (χ4n) is 1.73. The Balaban J connectivity index is 2.10. The molecular formula is C11H17N7O. The van der Waals surface area contributed by atoms with E-state index in [1.165, 1.54) is 6.33 Å². The van der Waals surface area contributed by atoms with Gasteiger partial charge in [0, 0.05) is 18.7 Å². The summed E-state index contributed by atoms with van der Waals surface area (Å²) in [5, 5.41) is 7.50. The third-order valence-electron chi connectivity index (χ3n) is 2.75. The number of nitrogens with zero attached hydrogens (tertiary/aromatic N) is 4. The summed E-state index contributed by atoms with van der Waals surface area (Å²) in [5.74, 6) is 7.39. The van der Waals surface area contributed by atoms with Gasteiger partial charge in [-0.05, 0) is 6.92 Å². The highest BCUT2D eigenvalue weighted by atomic mass is 16.5. The van der Waals surface area contributed by atoms with E-state index in [1.807, 2.05) is 20.0 Å². The van der Waals surface area contributed by atoms with Gasteiger partial charge in [-0.15, -0.1) is 0 Å². The van der Waals surface area contributed by atoms with Crippen LogP contribution in [0.5, 0.6) is 5.88 Å². The van der Waals surface area contributed by atoms with Crippen molar-refractivity contribution < 1.29 is 4.74 Å². The van der Waals surface area contributed by atoms with Crippen molar-refractivity contribution in [3.05, 3.63) is 23.7 Å². The van der Waals surface area contributed by atoms with E-state index in [0.29, 0.717) is 24.1 Å². The number of rotatable bonds is 5. The van der Waals surface area contributed by atoms with E-state index in [1.54, 1.807) is 11.8 Å². The van der Waals surface area contributed by atoms with Gasteiger partial charge in [-0.3, -0.25) is 0 Å². The number of hydrazine groups is 1. The molecule has 0 unspecified atom stereocenters. The first-order chi connectivity index (χ1) is 9.15. The number of ether oxygens (including phenoxy) is 1. The first kappa shape index (κ1) is 13.1. The Morgan fingerprint density at radius 3 is 2.74 bits per heavy atom. The second kappa shape index (κ2) is 5.53. The molecule has 0 aliphatic heterocycles. The zero-order valence-electron chi connectivity index (χ0n) is 11.1.